The highest BCUT2D eigenvalue weighted by atomic mass is 16.3. The molecule has 2 atom stereocenters. The fourth-order valence-electron chi connectivity index (χ4n) is 1.53. The van der Waals surface area contributed by atoms with Crippen LogP contribution in [-0.2, 0) is 0 Å². The third-order valence-corrected chi connectivity index (χ3v) is 2.37. The van der Waals surface area contributed by atoms with Crippen LogP contribution in [0, 0.1) is 0 Å². The van der Waals surface area contributed by atoms with Crippen molar-refractivity contribution in [3.63, 3.8) is 0 Å². The first-order valence-electron chi connectivity index (χ1n) is 5.19. The molecule has 0 amide bonds. The maximum absolute atomic E-state index is 8.96. The molecule has 1 rings (SSSR count). The van der Waals surface area contributed by atoms with E-state index in [0.29, 0.717) is 6.04 Å². The van der Waals surface area contributed by atoms with E-state index in [4.69, 9.17) is 5.11 Å². The predicted octanol–water partition coefficient (Wildman–Crippen LogP) is 2.11. The molecule has 1 aromatic rings. The van der Waals surface area contributed by atoms with Crippen molar-refractivity contribution in [2.45, 2.75) is 32.4 Å². The van der Waals surface area contributed by atoms with Gasteiger partial charge in [0, 0.05) is 12.1 Å². The Bertz CT molecular complexity index is 248. The molecule has 2 heteroatoms. The summed E-state index contributed by atoms with van der Waals surface area (Å²) in [6.07, 6.45) is 1.04. The van der Waals surface area contributed by atoms with Gasteiger partial charge in [0.05, 0.1) is 6.61 Å². The summed E-state index contributed by atoms with van der Waals surface area (Å²) in [5.74, 6) is 0. The van der Waals surface area contributed by atoms with Gasteiger partial charge in [-0.15, -0.1) is 0 Å². The summed E-state index contributed by atoms with van der Waals surface area (Å²) >= 11 is 0. The summed E-state index contributed by atoms with van der Waals surface area (Å²) < 4.78 is 0. The Morgan fingerprint density at radius 1 is 1.29 bits per heavy atom. The van der Waals surface area contributed by atoms with Gasteiger partial charge in [-0.2, -0.15) is 0 Å². The van der Waals surface area contributed by atoms with Crippen molar-refractivity contribution in [1.82, 2.24) is 5.32 Å². The van der Waals surface area contributed by atoms with Crippen LogP contribution in [0.25, 0.3) is 0 Å². The summed E-state index contributed by atoms with van der Waals surface area (Å²) in [4.78, 5) is 0. The molecule has 0 fully saturated rings. The van der Waals surface area contributed by atoms with Crippen LogP contribution in [0.1, 0.15) is 31.9 Å². The lowest BCUT2D eigenvalue weighted by molar-refractivity contribution is 0.239. The van der Waals surface area contributed by atoms with Gasteiger partial charge in [-0.05, 0) is 18.9 Å². The van der Waals surface area contributed by atoms with Gasteiger partial charge in [0.25, 0.3) is 0 Å². The maximum Gasteiger partial charge on any atom is 0.0582 e. The zero-order chi connectivity index (χ0) is 10.4. The van der Waals surface area contributed by atoms with Gasteiger partial charge in [-0.3, -0.25) is 0 Å². The molecule has 2 N–H and O–H groups in total. The number of rotatable bonds is 5. The van der Waals surface area contributed by atoms with E-state index in [1.807, 2.05) is 25.1 Å². The second-order valence-corrected chi connectivity index (χ2v) is 3.62. The van der Waals surface area contributed by atoms with Crippen LogP contribution in [0.5, 0.6) is 0 Å². The summed E-state index contributed by atoms with van der Waals surface area (Å²) in [7, 11) is 0. The standard InChI is InChI=1S/C12H19NO/c1-3-12(13-10(2)9-14)11-7-5-4-6-8-11/h4-8,10,12-14H,3,9H2,1-2H3/t10-,12?/m0/s1. The number of nitrogens with one attached hydrogen (secondary N) is 1. The van der Waals surface area contributed by atoms with E-state index in [1.54, 1.807) is 0 Å². The van der Waals surface area contributed by atoms with Crippen LogP contribution < -0.4 is 5.32 Å². The van der Waals surface area contributed by atoms with Crippen LogP contribution >= 0.6 is 0 Å². The maximum atomic E-state index is 8.96. The van der Waals surface area contributed by atoms with Gasteiger partial charge in [0.15, 0.2) is 0 Å². The Kier molecular flexibility index (Phi) is 4.63. The second kappa shape index (κ2) is 5.78. The van der Waals surface area contributed by atoms with Crippen molar-refractivity contribution in [3.8, 4) is 0 Å². The lowest BCUT2D eigenvalue weighted by Gasteiger charge is -2.21. The first-order valence-corrected chi connectivity index (χ1v) is 5.19. The lowest BCUT2D eigenvalue weighted by atomic mass is 10.0. The summed E-state index contributed by atoms with van der Waals surface area (Å²) in [6, 6.07) is 10.8. The Labute approximate surface area is 86.0 Å². The Balaban J connectivity index is 2.63. The fraction of sp³-hybridized carbons (Fsp3) is 0.500. The molecule has 0 saturated heterocycles. The topological polar surface area (TPSA) is 32.3 Å². The molecule has 0 spiro atoms. The number of benzene rings is 1. The SMILES string of the molecule is CCC(N[C@@H](C)CO)c1ccccc1. The Morgan fingerprint density at radius 3 is 2.43 bits per heavy atom. The molecule has 0 saturated carbocycles. The Hall–Kier alpha value is -0.860. The molecule has 78 valence electrons. The Morgan fingerprint density at radius 2 is 1.93 bits per heavy atom. The normalized spacial score (nSPS) is 15.1. The number of hydrogen-bond donors (Lipinski definition) is 2. The van der Waals surface area contributed by atoms with E-state index in [9.17, 15) is 0 Å². The monoisotopic (exact) mass is 193 g/mol. The largest absolute Gasteiger partial charge is 0.395 e. The molecule has 0 aliphatic carbocycles. The van der Waals surface area contributed by atoms with Crippen molar-refractivity contribution in [2.75, 3.05) is 6.61 Å². The van der Waals surface area contributed by atoms with E-state index in [-0.39, 0.29) is 12.6 Å². The predicted molar refractivity (Wildman–Crippen MR) is 59.2 cm³/mol. The summed E-state index contributed by atoms with van der Waals surface area (Å²) in [5.41, 5.74) is 1.29. The first-order chi connectivity index (χ1) is 6.77. The minimum Gasteiger partial charge on any atom is -0.395 e. The second-order valence-electron chi connectivity index (χ2n) is 3.62. The van der Waals surface area contributed by atoms with Gasteiger partial charge >= 0.3 is 0 Å². The van der Waals surface area contributed by atoms with Gasteiger partial charge in [0.1, 0.15) is 0 Å². The molecule has 2 nitrogen and oxygen atoms in total. The van der Waals surface area contributed by atoms with Crippen molar-refractivity contribution in [2.24, 2.45) is 0 Å². The third-order valence-electron chi connectivity index (χ3n) is 2.37. The highest BCUT2D eigenvalue weighted by molar-refractivity contribution is 5.18. The van der Waals surface area contributed by atoms with Crippen LogP contribution in [0.2, 0.25) is 0 Å². The van der Waals surface area contributed by atoms with Crippen LogP contribution in [0.4, 0.5) is 0 Å². The van der Waals surface area contributed by atoms with E-state index in [2.05, 4.69) is 24.4 Å². The van der Waals surface area contributed by atoms with Crippen molar-refractivity contribution < 1.29 is 5.11 Å². The number of aliphatic hydroxyl groups excluding tert-OH is 1. The quantitative estimate of drug-likeness (QED) is 0.750. The molecule has 0 heterocycles. The molecule has 1 unspecified atom stereocenters. The molecular weight excluding hydrogens is 174 g/mol. The van der Waals surface area contributed by atoms with Gasteiger partial charge in [-0.1, -0.05) is 37.3 Å². The molecular formula is C12H19NO. The highest BCUT2D eigenvalue weighted by Crippen LogP contribution is 2.16. The van der Waals surface area contributed by atoms with E-state index in [0.717, 1.165) is 6.42 Å². The zero-order valence-corrected chi connectivity index (χ0v) is 8.90. The molecule has 0 bridgehead atoms. The zero-order valence-electron chi connectivity index (χ0n) is 8.90. The smallest absolute Gasteiger partial charge is 0.0582 e. The molecule has 0 radical (unpaired) electrons. The molecule has 1 aromatic carbocycles. The highest BCUT2D eigenvalue weighted by Gasteiger charge is 2.10. The third kappa shape index (κ3) is 3.13. The van der Waals surface area contributed by atoms with Crippen molar-refractivity contribution >= 4 is 0 Å². The first kappa shape index (κ1) is 11.2. The summed E-state index contributed by atoms with van der Waals surface area (Å²) in [5, 5.41) is 12.3. The van der Waals surface area contributed by atoms with Gasteiger partial charge in [-0.25, -0.2) is 0 Å². The van der Waals surface area contributed by atoms with Crippen LogP contribution in [0.15, 0.2) is 30.3 Å². The molecule has 0 aliphatic heterocycles. The van der Waals surface area contributed by atoms with Gasteiger partial charge < -0.3 is 10.4 Å². The number of aliphatic hydroxyl groups is 1. The molecule has 0 aliphatic rings. The van der Waals surface area contributed by atoms with E-state index >= 15 is 0 Å². The lowest BCUT2D eigenvalue weighted by Crippen LogP contribution is -2.32. The number of hydrogen-bond acceptors (Lipinski definition) is 2. The van der Waals surface area contributed by atoms with E-state index < -0.39 is 0 Å². The minimum atomic E-state index is 0.153. The minimum absolute atomic E-state index is 0.153. The fourth-order valence-corrected chi connectivity index (χ4v) is 1.53. The van der Waals surface area contributed by atoms with Crippen LogP contribution in [-0.4, -0.2) is 17.8 Å². The van der Waals surface area contributed by atoms with Gasteiger partial charge in [0.2, 0.25) is 0 Å². The molecule has 0 aromatic heterocycles. The van der Waals surface area contributed by atoms with Crippen molar-refractivity contribution in [3.05, 3.63) is 35.9 Å². The average Bonchev–Trinajstić information content (AvgIpc) is 2.26. The van der Waals surface area contributed by atoms with E-state index in [1.165, 1.54) is 5.56 Å². The van der Waals surface area contributed by atoms with Crippen molar-refractivity contribution in [1.29, 1.82) is 0 Å². The summed E-state index contributed by atoms with van der Waals surface area (Å²) in [6.45, 7) is 4.32. The van der Waals surface area contributed by atoms with Crippen LogP contribution in [0.3, 0.4) is 0 Å². The molecule has 14 heavy (non-hydrogen) atoms. The average molecular weight is 193 g/mol.